The minimum atomic E-state index is 0. The van der Waals surface area contributed by atoms with Gasteiger partial charge in [-0.05, 0) is 0 Å². The predicted octanol–water partition coefficient (Wildman–Crippen LogP) is -0.238. The second kappa shape index (κ2) is 17.6. The van der Waals surface area contributed by atoms with Gasteiger partial charge in [-0.25, -0.2) is 0 Å². The molecular formula is O2Th2. The van der Waals surface area contributed by atoms with E-state index < -0.39 is 0 Å². The molecule has 0 spiro atoms. The Balaban J connectivity index is 0. The van der Waals surface area contributed by atoms with Crippen molar-refractivity contribution in [1.82, 2.24) is 0 Å². The molecule has 0 atom stereocenters. The normalized spacial score (nSPS) is 0. The molecule has 0 fully saturated rings. The van der Waals surface area contributed by atoms with Crippen LogP contribution in [0, 0.1) is 79.9 Å². The summed E-state index contributed by atoms with van der Waals surface area (Å²) in [5.41, 5.74) is 0. The summed E-state index contributed by atoms with van der Waals surface area (Å²) in [5, 5.41) is 0. The fraction of sp³-hybridized carbons (Fsp3) is 0. The number of hydrogen-bond acceptors (Lipinski definition) is 0. The molecule has 0 aromatic rings. The van der Waals surface area contributed by atoms with Gasteiger partial charge in [0, 0.05) is 39.9 Å². The van der Waals surface area contributed by atoms with Gasteiger partial charge in [0.2, 0.25) is 0 Å². The Labute approximate surface area is 88.7 Å². The summed E-state index contributed by atoms with van der Waals surface area (Å²) in [6.07, 6.45) is 0. The smallest absolute Gasteiger partial charge is 2.00 e. The summed E-state index contributed by atoms with van der Waals surface area (Å²) in [4.78, 5) is 0. The van der Waals surface area contributed by atoms with Crippen LogP contribution in [0.15, 0.2) is 0 Å². The zero-order valence-electron chi connectivity index (χ0n) is 1.82. The Bertz CT molecular complexity index is 4.00. The minimum absolute atomic E-state index is 0. The SMILES string of the molecule is [O-2].[O-2].[Th+4].[Th]. The van der Waals surface area contributed by atoms with E-state index in [9.17, 15) is 0 Å². The Morgan fingerprint density at radius 2 is 0.750 bits per heavy atom. The molecule has 0 rings (SSSR count). The van der Waals surface area contributed by atoms with Crippen molar-refractivity contribution in [2.24, 2.45) is 0 Å². The van der Waals surface area contributed by atoms with Crippen LogP contribution >= 0.6 is 0 Å². The number of hydrogen-bond donors (Lipinski definition) is 0. The van der Waals surface area contributed by atoms with E-state index in [0.717, 1.165) is 0 Å². The zero-order chi connectivity index (χ0) is 0. The minimum Gasteiger partial charge on any atom is -2.00 e. The molecule has 0 aliphatic carbocycles. The van der Waals surface area contributed by atoms with Crippen LogP contribution in [0.5, 0.6) is 0 Å². The van der Waals surface area contributed by atoms with E-state index >= 15 is 0 Å². The molecule has 0 saturated heterocycles. The van der Waals surface area contributed by atoms with Gasteiger partial charge in [0.1, 0.15) is 0 Å². The molecule has 0 unspecified atom stereocenters. The summed E-state index contributed by atoms with van der Waals surface area (Å²) in [6, 6.07) is 0. The molecule has 0 saturated carbocycles. The second-order valence-corrected chi connectivity index (χ2v) is 0. The molecule has 0 amide bonds. The molecule has 0 N–H and O–H groups in total. The fourth-order valence-electron chi connectivity index (χ4n) is 0. The topological polar surface area (TPSA) is 57.0 Å². The van der Waals surface area contributed by atoms with Crippen LogP contribution in [-0.4, -0.2) is 0 Å². The molecule has 2 nitrogen and oxygen atoms in total. The summed E-state index contributed by atoms with van der Waals surface area (Å²) in [6.45, 7) is 0. The van der Waals surface area contributed by atoms with Crippen LogP contribution in [0.2, 0.25) is 0 Å². The third-order valence-corrected chi connectivity index (χ3v) is 0. The van der Waals surface area contributed by atoms with Gasteiger partial charge in [-0.1, -0.05) is 0 Å². The molecule has 0 radical (unpaired) electrons. The molecular weight excluding hydrogens is 496 g/mol. The summed E-state index contributed by atoms with van der Waals surface area (Å²) in [5.74, 6) is 0. The molecule has 0 aliphatic rings. The van der Waals surface area contributed by atoms with Gasteiger partial charge in [0.05, 0.1) is 0 Å². The first-order valence-electron chi connectivity index (χ1n) is 0. The zero-order valence-corrected chi connectivity index (χ0v) is 10.0. The summed E-state index contributed by atoms with van der Waals surface area (Å²) in [7, 11) is 0. The van der Waals surface area contributed by atoms with Gasteiger partial charge in [0.15, 0.2) is 0 Å². The summed E-state index contributed by atoms with van der Waals surface area (Å²) >= 11 is 0. The van der Waals surface area contributed by atoms with Crippen molar-refractivity contribution >= 4 is 0 Å². The second-order valence-electron chi connectivity index (χ2n) is 0. The van der Waals surface area contributed by atoms with E-state index in [4.69, 9.17) is 0 Å². The number of rotatable bonds is 0. The Morgan fingerprint density at radius 1 is 0.750 bits per heavy atom. The van der Waals surface area contributed by atoms with Crippen molar-refractivity contribution in [1.29, 1.82) is 0 Å². The van der Waals surface area contributed by atoms with E-state index in [1.807, 2.05) is 0 Å². The quantitative estimate of drug-likeness (QED) is 0.445. The first-order valence-corrected chi connectivity index (χ1v) is 0. The maximum Gasteiger partial charge on any atom is 4.00 e. The monoisotopic (exact) mass is 496 g/mol. The van der Waals surface area contributed by atoms with Crippen molar-refractivity contribution in [2.75, 3.05) is 0 Å². The first-order chi connectivity index (χ1) is 0. The third-order valence-electron chi connectivity index (χ3n) is 0. The average molecular weight is 496 g/mol. The molecule has 4 heavy (non-hydrogen) atoms. The van der Waals surface area contributed by atoms with Crippen LogP contribution in [0.1, 0.15) is 0 Å². The van der Waals surface area contributed by atoms with Crippen molar-refractivity contribution < 1.29 is 90.8 Å². The van der Waals surface area contributed by atoms with Gasteiger partial charge < -0.3 is 11.0 Å². The maximum atomic E-state index is 0. The van der Waals surface area contributed by atoms with E-state index in [1.165, 1.54) is 0 Å². The predicted molar refractivity (Wildman–Crippen MR) is 1.37 cm³/mol. The Hall–Kier alpha value is 2.57. The molecule has 0 heterocycles. The van der Waals surface area contributed by atoms with Gasteiger partial charge in [0.25, 0.3) is 0 Å². The van der Waals surface area contributed by atoms with Crippen molar-refractivity contribution in [3.63, 3.8) is 0 Å². The molecule has 20 valence electrons. The van der Waals surface area contributed by atoms with Crippen molar-refractivity contribution in [2.45, 2.75) is 0 Å². The molecule has 0 aliphatic heterocycles. The van der Waals surface area contributed by atoms with E-state index in [0.29, 0.717) is 0 Å². The van der Waals surface area contributed by atoms with Crippen LogP contribution < -0.4 is 0 Å². The van der Waals surface area contributed by atoms with Crippen LogP contribution in [0.4, 0.5) is 0 Å². The van der Waals surface area contributed by atoms with Crippen LogP contribution in [0.3, 0.4) is 0 Å². The van der Waals surface area contributed by atoms with Crippen LogP contribution in [0.25, 0.3) is 0 Å². The largest absolute Gasteiger partial charge is 4.00 e. The van der Waals surface area contributed by atoms with Crippen LogP contribution in [-0.2, 0) is 11.0 Å². The molecule has 0 aromatic carbocycles. The molecule has 0 bridgehead atoms. The van der Waals surface area contributed by atoms with E-state index in [1.54, 1.807) is 0 Å². The van der Waals surface area contributed by atoms with E-state index in [-0.39, 0.29) is 90.8 Å². The molecule has 4 heteroatoms. The maximum absolute atomic E-state index is 0. The van der Waals surface area contributed by atoms with Gasteiger partial charge in [-0.2, -0.15) is 0 Å². The summed E-state index contributed by atoms with van der Waals surface area (Å²) < 4.78 is 0. The third kappa shape index (κ3) is 8.82. The van der Waals surface area contributed by atoms with Crippen molar-refractivity contribution in [3.8, 4) is 0 Å². The Morgan fingerprint density at radius 3 is 0.750 bits per heavy atom. The van der Waals surface area contributed by atoms with Gasteiger partial charge in [-0.3, -0.25) is 0 Å². The standard InChI is InChI=1S/2O.2Th/q2*-2;;+4. The fourth-order valence-corrected chi connectivity index (χ4v) is 0. The van der Waals surface area contributed by atoms with Gasteiger partial charge >= 0.3 is 39.9 Å². The van der Waals surface area contributed by atoms with Gasteiger partial charge in [-0.15, -0.1) is 0 Å². The molecule has 0 aromatic heterocycles. The van der Waals surface area contributed by atoms with E-state index in [2.05, 4.69) is 0 Å². The average Bonchev–Trinajstić information content (AvgIpc) is 0. The first kappa shape index (κ1) is 30.9. The van der Waals surface area contributed by atoms with Crippen molar-refractivity contribution in [3.05, 3.63) is 0 Å². The Kier molecular flexibility index (Phi) is 136.